The van der Waals surface area contributed by atoms with Gasteiger partial charge in [0.05, 0.1) is 6.61 Å². The average Bonchev–Trinajstić information content (AvgIpc) is 2.80. The summed E-state index contributed by atoms with van der Waals surface area (Å²) < 4.78 is 5.39. The van der Waals surface area contributed by atoms with Crippen molar-refractivity contribution in [3.8, 4) is 0 Å². The first-order valence-corrected chi connectivity index (χ1v) is 15.0. The molecule has 0 aromatic rings. The molecule has 0 aromatic carbocycles. The molecule has 33 heavy (non-hydrogen) atoms. The van der Waals surface area contributed by atoms with Crippen LogP contribution < -0.4 is 0 Å². The van der Waals surface area contributed by atoms with Gasteiger partial charge in [0.25, 0.3) is 0 Å². The molecule has 3 heteroatoms. The molecule has 0 radical (unpaired) electrons. The Bertz CT molecular complexity index is 359. The Morgan fingerprint density at radius 3 is 1.03 bits per heavy atom. The Kier molecular flexibility index (Phi) is 36.4. The van der Waals surface area contributed by atoms with Gasteiger partial charge in [0.2, 0.25) is 0 Å². The summed E-state index contributed by atoms with van der Waals surface area (Å²) in [7, 11) is 0. The SMILES string of the molecule is CCCCCCCCCCCCCCCCCC(=O)OCCCCCCCCCCCC.[KH]. The second-order valence-electron chi connectivity index (χ2n) is 10.1. The molecule has 0 aliphatic carbocycles. The molecule has 0 saturated heterocycles. The van der Waals surface area contributed by atoms with Crippen molar-refractivity contribution in [1.82, 2.24) is 0 Å². The van der Waals surface area contributed by atoms with Crippen molar-refractivity contribution in [2.45, 2.75) is 181 Å². The number of hydrogen-bond donors (Lipinski definition) is 0. The van der Waals surface area contributed by atoms with Crippen LogP contribution in [0.4, 0.5) is 0 Å². The van der Waals surface area contributed by atoms with E-state index in [0.29, 0.717) is 13.0 Å². The van der Waals surface area contributed by atoms with Gasteiger partial charge in [-0.3, -0.25) is 4.79 Å². The van der Waals surface area contributed by atoms with E-state index in [9.17, 15) is 4.79 Å². The van der Waals surface area contributed by atoms with Crippen molar-refractivity contribution in [3.05, 3.63) is 0 Å². The maximum absolute atomic E-state index is 11.8. The van der Waals surface area contributed by atoms with Crippen LogP contribution in [0.3, 0.4) is 0 Å². The first kappa shape index (κ1) is 36.3. The van der Waals surface area contributed by atoms with E-state index in [4.69, 9.17) is 4.74 Å². The normalized spacial score (nSPS) is 10.8. The van der Waals surface area contributed by atoms with E-state index in [0.717, 1.165) is 12.8 Å². The number of carbonyl (C=O) groups excluding carboxylic acids is 1. The molecular weight excluding hydrogens is 431 g/mol. The van der Waals surface area contributed by atoms with Crippen molar-refractivity contribution in [1.29, 1.82) is 0 Å². The van der Waals surface area contributed by atoms with E-state index in [1.807, 2.05) is 0 Å². The minimum absolute atomic E-state index is 0. The summed E-state index contributed by atoms with van der Waals surface area (Å²) in [6.45, 7) is 5.19. The third-order valence-corrected chi connectivity index (χ3v) is 6.75. The quantitative estimate of drug-likeness (QED) is 0.0647. The van der Waals surface area contributed by atoms with Crippen molar-refractivity contribution >= 4 is 57.4 Å². The number of esters is 1. The standard InChI is InChI=1S/C30H60O2.K.H/c1-3-5-7-9-11-13-15-16-17-18-19-20-22-24-26-28-30(31)32-29-27-25-23-21-14-12-10-8-6-4-2;;/h3-29H2,1-2H3;;. The molecule has 0 aromatic heterocycles. The van der Waals surface area contributed by atoms with Gasteiger partial charge >= 0.3 is 57.4 Å². The number of ether oxygens (including phenoxy) is 1. The molecule has 0 saturated carbocycles. The van der Waals surface area contributed by atoms with Gasteiger partial charge in [-0.05, 0) is 12.8 Å². The second-order valence-corrected chi connectivity index (χ2v) is 10.1. The van der Waals surface area contributed by atoms with Crippen LogP contribution in [-0.4, -0.2) is 64.0 Å². The van der Waals surface area contributed by atoms with Crippen LogP contribution in [0, 0.1) is 0 Å². The predicted octanol–water partition coefficient (Wildman–Crippen LogP) is 10.1. The Hall–Kier alpha value is 1.11. The van der Waals surface area contributed by atoms with E-state index in [1.165, 1.54) is 148 Å². The van der Waals surface area contributed by atoms with E-state index >= 15 is 0 Å². The fraction of sp³-hybridized carbons (Fsp3) is 0.967. The van der Waals surface area contributed by atoms with Crippen LogP contribution in [0.2, 0.25) is 0 Å². The van der Waals surface area contributed by atoms with Crippen LogP contribution in [0.1, 0.15) is 181 Å². The van der Waals surface area contributed by atoms with Crippen molar-refractivity contribution in [2.24, 2.45) is 0 Å². The zero-order chi connectivity index (χ0) is 23.4. The molecule has 0 heterocycles. The zero-order valence-corrected chi connectivity index (χ0v) is 22.4. The molecule has 0 amide bonds. The molecule has 0 bridgehead atoms. The number of hydrogen-bond acceptors (Lipinski definition) is 2. The number of unbranched alkanes of at least 4 members (excludes halogenated alkanes) is 23. The van der Waals surface area contributed by atoms with Crippen molar-refractivity contribution in [2.75, 3.05) is 6.61 Å². The number of carbonyl (C=O) groups is 1. The Morgan fingerprint density at radius 2 is 0.697 bits per heavy atom. The Morgan fingerprint density at radius 1 is 0.424 bits per heavy atom. The monoisotopic (exact) mass is 492 g/mol. The third-order valence-electron chi connectivity index (χ3n) is 6.75. The minimum atomic E-state index is 0. The Balaban J connectivity index is 0. The summed E-state index contributed by atoms with van der Waals surface area (Å²) >= 11 is 0. The molecule has 0 unspecified atom stereocenters. The fourth-order valence-corrected chi connectivity index (χ4v) is 4.49. The van der Waals surface area contributed by atoms with Crippen molar-refractivity contribution < 1.29 is 9.53 Å². The van der Waals surface area contributed by atoms with Gasteiger partial charge < -0.3 is 4.74 Å². The van der Waals surface area contributed by atoms with E-state index < -0.39 is 0 Å². The molecule has 0 aliphatic heterocycles. The molecule has 0 rings (SSSR count). The molecule has 0 aliphatic rings. The van der Waals surface area contributed by atoms with Crippen LogP contribution in [0.15, 0.2) is 0 Å². The van der Waals surface area contributed by atoms with Gasteiger partial charge in [0.15, 0.2) is 0 Å². The zero-order valence-electron chi connectivity index (χ0n) is 22.4. The van der Waals surface area contributed by atoms with Crippen LogP contribution in [-0.2, 0) is 9.53 Å². The van der Waals surface area contributed by atoms with Gasteiger partial charge in [-0.15, -0.1) is 0 Å². The van der Waals surface area contributed by atoms with Crippen molar-refractivity contribution in [3.63, 3.8) is 0 Å². The Labute approximate surface area is 252 Å². The van der Waals surface area contributed by atoms with E-state index in [1.54, 1.807) is 0 Å². The molecule has 0 N–H and O–H groups in total. The van der Waals surface area contributed by atoms with E-state index in [2.05, 4.69) is 13.8 Å². The van der Waals surface area contributed by atoms with E-state index in [-0.39, 0.29) is 57.4 Å². The first-order chi connectivity index (χ1) is 15.8. The first-order valence-electron chi connectivity index (χ1n) is 15.0. The van der Waals surface area contributed by atoms with Gasteiger partial charge in [0, 0.05) is 6.42 Å². The second kappa shape index (κ2) is 33.1. The average molecular weight is 493 g/mol. The fourth-order valence-electron chi connectivity index (χ4n) is 4.49. The molecule has 2 nitrogen and oxygen atoms in total. The predicted molar refractivity (Wildman–Crippen MR) is 149 cm³/mol. The summed E-state index contributed by atoms with van der Waals surface area (Å²) in [4.78, 5) is 11.8. The van der Waals surface area contributed by atoms with Gasteiger partial charge in [0.1, 0.15) is 0 Å². The van der Waals surface area contributed by atoms with Crippen LogP contribution >= 0.6 is 0 Å². The number of rotatable bonds is 27. The van der Waals surface area contributed by atoms with Gasteiger partial charge in [-0.25, -0.2) is 0 Å². The summed E-state index contributed by atoms with van der Waals surface area (Å²) in [6.07, 6.45) is 34.2. The molecular formula is C30H61KO2. The molecule has 0 atom stereocenters. The van der Waals surface area contributed by atoms with Gasteiger partial charge in [-0.1, -0.05) is 162 Å². The summed E-state index contributed by atoms with van der Waals surface area (Å²) in [5, 5.41) is 0. The van der Waals surface area contributed by atoms with Crippen LogP contribution in [0.5, 0.6) is 0 Å². The molecule has 0 fully saturated rings. The maximum atomic E-state index is 11.8. The molecule has 194 valence electrons. The van der Waals surface area contributed by atoms with Gasteiger partial charge in [-0.2, -0.15) is 0 Å². The summed E-state index contributed by atoms with van der Waals surface area (Å²) in [5.74, 6) is 0.0237. The summed E-state index contributed by atoms with van der Waals surface area (Å²) in [6, 6.07) is 0. The summed E-state index contributed by atoms with van der Waals surface area (Å²) in [5.41, 5.74) is 0. The van der Waals surface area contributed by atoms with Crippen LogP contribution in [0.25, 0.3) is 0 Å². The third kappa shape index (κ3) is 33.1. The topological polar surface area (TPSA) is 26.3 Å². The molecule has 0 spiro atoms.